The summed E-state index contributed by atoms with van der Waals surface area (Å²) in [4.78, 5) is 10.1. The van der Waals surface area contributed by atoms with Crippen molar-refractivity contribution in [3.05, 3.63) is 11.6 Å². The molecule has 0 aromatic carbocycles. The Morgan fingerprint density at radius 3 is 1.93 bits per heavy atom. The molecule has 0 aromatic rings. The summed E-state index contributed by atoms with van der Waals surface area (Å²) in [5.41, 5.74) is 11.1. The smallest absolute Gasteiger partial charge is 0.243 e. The third kappa shape index (κ3) is 6.66. The molecule has 1 aliphatic rings. The summed E-state index contributed by atoms with van der Waals surface area (Å²) in [5, 5.41) is 0. The van der Waals surface area contributed by atoms with Gasteiger partial charge in [-0.25, -0.2) is 0 Å². The molecule has 0 aliphatic heterocycles. The van der Waals surface area contributed by atoms with Crippen molar-refractivity contribution in [1.82, 2.24) is 0 Å². The highest BCUT2D eigenvalue weighted by Gasteiger charge is 2.06. The van der Waals surface area contributed by atoms with Crippen LogP contribution in [-0.4, -0.2) is 11.9 Å². The van der Waals surface area contributed by atoms with Crippen LogP contribution in [-0.2, 0) is 4.79 Å². The summed E-state index contributed by atoms with van der Waals surface area (Å²) in [6, 6.07) is 0.536. The molecular formula is C11H22N2O. The molecule has 0 aromatic heterocycles. The Kier molecular flexibility index (Phi) is 7.11. The van der Waals surface area contributed by atoms with E-state index in [1.165, 1.54) is 32.1 Å². The number of carbonyl (C=O) groups is 1. The summed E-state index contributed by atoms with van der Waals surface area (Å²) in [6.45, 7) is 3.46. The van der Waals surface area contributed by atoms with E-state index < -0.39 is 0 Å². The standard InChI is InChI=1S/C6H13N.C5H9NO/c7-6-4-2-1-3-5-6;1-3-4(2)5(6)7/h6H,1-5,7H2;3H,1-2H3,(H2,6,7). The first kappa shape index (κ1) is 13.2. The first-order valence-electron chi connectivity index (χ1n) is 5.26. The molecule has 0 spiro atoms. The summed E-state index contributed by atoms with van der Waals surface area (Å²) in [6.07, 6.45) is 8.35. The Hall–Kier alpha value is -0.830. The fourth-order valence-electron chi connectivity index (χ4n) is 1.28. The molecule has 1 aliphatic carbocycles. The van der Waals surface area contributed by atoms with Gasteiger partial charge in [0.25, 0.3) is 0 Å². The molecule has 3 heteroatoms. The maximum atomic E-state index is 10.1. The van der Waals surface area contributed by atoms with Gasteiger partial charge < -0.3 is 11.5 Å². The van der Waals surface area contributed by atoms with Crippen LogP contribution in [0.4, 0.5) is 0 Å². The van der Waals surface area contributed by atoms with E-state index in [4.69, 9.17) is 11.5 Å². The van der Waals surface area contributed by atoms with Gasteiger partial charge in [-0.15, -0.1) is 0 Å². The van der Waals surface area contributed by atoms with Crippen molar-refractivity contribution in [3.63, 3.8) is 0 Å². The fraction of sp³-hybridized carbons (Fsp3) is 0.727. The third-order valence-corrected chi connectivity index (χ3v) is 2.47. The van der Waals surface area contributed by atoms with Crippen molar-refractivity contribution in [2.45, 2.75) is 52.0 Å². The van der Waals surface area contributed by atoms with Crippen LogP contribution in [0.1, 0.15) is 46.0 Å². The second-order valence-corrected chi connectivity index (χ2v) is 3.73. The molecule has 0 bridgehead atoms. The minimum atomic E-state index is -0.345. The van der Waals surface area contributed by atoms with Gasteiger partial charge in [-0.2, -0.15) is 0 Å². The van der Waals surface area contributed by atoms with Crippen LogP contribution in [0.2, 0.25) is 0 Å². The fourth-order valence-corrected chi connectivity index (χ4v) is 1.28. The predicted octanol–water partition coefficient (Wildman–Crippen LogP) is 1.72. The van der Waals surface area contributed by atoms with Crippen LogP contribution in [0.25, 0.3) is 0 Å². The van der Waals surface area contributed by atoms with E-state index in [-0.39, 0.29) is 5.91 Å². The largest absolute Gasteiger partial charge is 0.366 e. The van der Waals surface area contributed by atoms with E-state index >= 15 is 0 Å². The van der Waals surface area contributed by atoms with E-state index in [9.17, 15) is 4.79 Å². The quantitative estimate of drug-likeness (QED) is 0.630. The summed E-state index contributed by atoms with van der Waals surface area (Å²) in [5.74, 6) is -0.345. The zero-order valence-electron chi connectivity index (χ0n) is 9.25. The number of rotatable bonds is 1. The Balaban J connectivity index is 0.000000241. The van der Waals surface area contributed by atoms with Crippen LogP contribution < -0.4 is 11.5 Å². The molecule has 1 rings (SSSR count). The lowest BCUT2D eigenvalue weighted by Crippen LogP contribution is -2.22. The molecule has 1 fully saturated rings. The lowest BCUT2D eigenvalue weighted by molar-refractivity contribution is -0.114. The lowest BCUT2D eigenvalue weighted by atomic mass is 9.97. The second kappa shape index (κ2) is 7.56. The molecule has 1 saturated carbocycles. The van der Waals surface area contributed by atoms with E-state index in [1.54, 1.807) is 19.9 Å². The van der Waals surface area contributed by atoms with E-state index in [2.05, 4.69) is 0 Å². The van der Waals surface area contributed by atoms with Gasteiger partial charge in [-0.05, 0) is 26.7 Å². The van der Waals surface area contributed by atoms with Gasteiger partial charge in [0.15, 0.2) is 0 Å². The molecule has 0 atom stereocenters. The van der Waals surface area contributed by atoms with Gasteiger partial charge >= 0.3 is 0 Å². The van der Waals surface area contributed by atoms with Crippen molar-refractivity contribution in [2.75, 3.05) is 0 Å². The minimum absolute atomic E-state index is 0.345. The van der Waals surface area contributed by atoms with E-state index in [0.717, 1.165) is 0 Å². The topological polar surface area (TPSA) is 69.1 Å². The van der Waals surface area contributed by atoms with Crippen LogP contribution in [0.5, 0.6) is 0 Å². The normalized spacial score (nSPS) is 18.4. The van der Waals surface area contributed by atoms with Gasteiger partial charge in [0.2, 0.25) is 5.91 Å². The van der Waals surface area contributed by atoms with Crippen LogP contribution in [0.3, 0.4) is 0 Å². The average Bonchev–Trinajstić information content (AvgIpc) is 2.18. The van der Waals surface area contributed by atoms with Crippen LogP contribution in [0, 0.1) is 0 Å². The van der Waals surface area contributed by atoms with E-state index in [1.807, 2.05) is 0 Å². The summed E-state index contributed by atoms with van der Waals surface area (Å²) < 4.78 is 0. The zero-order valence-corrected chi connectivity index (χ0v) is 9.25. The summed E-state index contributed by atoms with van der Waals surface area (Å²) in [7, 11) is 0. The molecule has 82 valence electrons. The van der Waals surface area contributed by atoms with Gasteiger partial charge in [-0.1, -0.05) is 25.3 Å². The minimum Gasteiger partial charge on any atom is -0.366 e. The zero-order chi connectivity index (χ0) is 11.0. The Morgan fingerprint density at radius 2 is 1.79 bits per heavy atom. The monoisotopic (exact) mass is 198 g/mol. The maximum Gasteiger partial charge on any atom is 0.243 e. The highest BCUT2D eigenvalue weighted by atomic mass is 16.1. The van der Waals surface area contributed by atoms with Crippen molar-refractivity contribution in [3.8, 4) is 0 Å². The number of hydrogen-bond acceptors (Lipinski definition) is 2. The Morgan fingerprint density at radius 1 is 1.29 bits per heavy atom. The second-order valence-electron chi connectivity index (χ2n) is 3.73. The number of allylic oxidation sites excluding steroid dienone is 1. The number of primary amides is 1. The highest BCUT2D eigenvalue weighted by Crippen LogP contribution is 2.14. The van der Waals surface area contributed by atoms with Crippen LogP contribution >= 0.6 is 0 Å². The lowest BCUT2D eigenvalue weighted by Gasteiger charge is -2.15. The highest BCUT2D eigenvalue weighted by molar-refractivity contribution is 5.91. The van der Waals surface area contributed by atoms with Gasteiger partial charge in [0.05, 0.1) is 0 Å². The number of carbonyl (C=O) groups excluding carboxylic acids is 1. The van der Waals surface area contributed by atoms with Gasteiger partial charge in [-0.3, -0.25) is 4.79 Å². The molecule has 14 heavy (non-hydrogen) atoms. The first-order valence-corrected chi connectivity index (χ1v) is 5.26. The average molecular weight is 198 g/mol. The molecular weight excluding hydrogens is 176 g/mol. The van der Waals surface area contributed by atoms with Crippen molar-refractivity contribution < 1.29 is 4.79 Å². The van der Waals surface area contributed by atoms with E-state index in [0.29, 0.717) is 11.6 Å². The number of amides is 1. The van der Waals surface area contributed by atoms with Gasteiger partial charge in [0, 0.05) is 11.6 Å². The molecule has 0 unspecified atom stereocenters. The molecule has 3 nitrogen and oxygen atoms in total. The van der Waals surface area contributed by atoms with Gasteiger partial charge in [0.1, 0.15) is 0 Å². The van der Waals surface area contributed by atoms with Crippen molar-refractivity contribution in [2.24, 2.45) is 11.5 Å². The maximum absolute atomic E-state index is 10.1. The Bertz CT molecular complexity index is 193. The SMILES string of the molecule is CC=C(C)C(N)=O.NC1CCCCC1. The molecule has 1 amide bonds. The summed E-state index contributed by atoms with van der Waals surface area (Å²) >= 11 is 0. The molecule has 0 radical (unpaired) electrons. The van der Waals surface area contributed by atoms with Crippen molar-refractivity contribution in [1.29, 1.82) is 0 Å². The molecule has 0 heterocycles. The molecule has 4 N–H and O–H groups in total. The van der Waals surface area contributed by atoms with Crippen molar-refractivity contribution >= 4 is 5.91 Å². The predicted molar refractivity (Wildman–Crippen MR) is 59.7 cm³/mol. The number of hydrogen-bond donors (Lipinski definition) is 2. The number of nitrogens with two attached hydrogens (primary N) is 2. The van der Waals surface area contributed by atoms with Crippen LogP contribution in [0.15, 0.2) is 11.6 Å². The Labute approximate surface area is 86.5 Å². The molecule has 0 saturated heterocycles. The third-order valence-electron chi connectivity index (χ3n) is 2.47. The first-order chi connectivity index (χ1) is 6.57.